The number of rotatable bonds is 15. The van der Waals surface area contributed by atoms with Gasteiger partial charge in [-0.2, -0.15) is 15.3 Å². The summed E-state index contributed by atoms with van der Waals surface area (Å²) in [7, 11) is -24.1. The van der Waals surface area contributed by atoms with Crippen LogP contribution in [-0.2, 0) is 50.6 Å². The van der Waals surface area contributed by atoms with Gasteiger partial charge >= 0.3 is 48.4 Å². The number of aliphatic hydroxyl groups excluding tert-OH is 2. The Hall–Kier alpha value is -4.59. The number of fused-ring (bicyclic) bond motifs is 2. The van der Waals surface area contributed by atoms with Crippen LogP contribution < -0.4 is 48.4 Å². The van der Waals surface area contributed by atoms with Crippen LogP contribution in [0.15, 0.2) is 136 Å². The van der Waals surface area contributed by atoms with Crippen LogP contribution in [0.3, 0.4) is 0 Å². The van der Waals surface area contributed by atoms with Crippen molar-refractivity contribution in [3.63, 3.8) is 0 Å². The Balaban J connectivity index is 0.00000119. The summed E-state index contributed by atoms with van der Waals surface area (Å²) in [5, 5.41) is 52.0. The molecule has 0 aromatic heterocycles. The van der Waals surface area contributed by atoms with Gasteiger partial charge < -0.3 is 48.1 Å². The van der Waals surface area contributed by atoms with Gasteiger partial charge in [-0.3, -0.25) is 0 Å². The minimum atomic E-state index is -5.35. The van der Waals surface area contributed by atoms with Gasteiger partial charge in [0.15, 0.2) is 0 Å². The average molecular weight is 1060 g/mol. The van der Waals surface area contributed by atoms with E-state index in [0.717, 1.165) is 48.6 Å². The van der Waals surface area contributed by atoms with Crippen molar-refractivity contribution in [3.8, 4) is 11.5 Å². The molecule has 0 spiro atoms. The number of phenols is 2. The van der Waals surface area contributed by atoms with Crippen molar-refractivity contribution in [2.75, 3.05) is 33.4 Å². The molecule has 6 rings (SSSR count). The summed E-state index contributed by atoms with van der Waals surface area (Å²) in [6.07, 6.45) is 1.95. The third-order valence-corrected chi connectivity index (χ3v) is 13.4. The molecule has 0 saturated carbocycles. The first-order valence-corrected chi connectivity index (χ1v) is 25.6. The van der Waals surface area contributed by atoms with Crippen LogP contribution in [0.1, 0.15) is 11.1 Å². The summed E-state index contributed by atoms with van der Waals surface area (Å²) in [6, 6.07) is 14.2. The minimum absolute atomic E-state index is 0. The number of hydrogen-bond acceptors (Lipinski definition) is 24. The molecule has 6 aromatic carbocycles. The topological polar surface area (TPSA) is 420 Å². The molecule has 0 unspecified atom stereocenters. The van der Waals surface area contributed by atoms with Crippen molar-refractivity contribution in [2.24, 2.45) is 20.5 Å². The van der Waals surface area contributed by atoms with Crippen LogP contribution in [0.4, 0.5) is 22.7 Å². The molecule has 0 aliphatic rings. The second-order valence-corrected chi connectivity index (χ2v) is 20.9. The van der Waals surface area contributed by atoms with Crippen molar-refractivity contribution in [2.45, 2.75) is 24.5 Å². The molecule has 0 atom stereocenters. The first kappa shape index (κ1) is 59.7. The van der Waals surface area contributed by atoms with Crippen molar-refractivity contribution >= 4 is 107 Å². The summed E-state index contributed by atoms with van der Waals surface area (Å²) in [6.45, 7) is 1.61. The minimum Gasteiger partial charge on any atom is -0.744 e. The summed E-state index contributed by atoms with van der Waals surface area (Å²) in [5.74, 6) is -1.40. The first-order valence-electron chi connectivity index (χ1n) is 18.6. The number of aromatic hydroxyl groups is 2. The molecule has 31 heteroatoms. The van der Waals surface area contributed by atoms with Gasteiger partial charge in [0.1, 0.15) is 62.1 Å². The van der Waals surface area contributed by atoms with Crippen LogP contribution in [0.5, 0.6) is 11.5 Å². The van der Waals surface area contributed by atoms with Gasteiger partial charge in [-0.15, -0.1) is 5.11 Å². The van der Waals surface area contributed by atoms with Crippen LogP contribution in [0, 0.1) is 0 Å². The van der Waals surface area contributed by atoms with Gasteiger partial charge in [0.2, 0.25) is 0 Å². The van der Waals surface area contributed by atoms with Crippen LogP contribution >= 0.6 is 0 Å². The summed E-state index contributed by atoms with van der Waals surface area (Å²) >= 11 is 0. The maximum absolute atomic E-state index is 12.3. The van der Waals surface area contributed by atoms with Crippen LogP contribution in [0.2, 0.25) is 0 Å². The third kappa shape index (κ3) is 15.7. The van der Waals surface area contributed by atoms with Crippen molar-refractivity contribution in [1.29, 1.82) is 0 Å². The van der Waals surface area contributed by atoms with E-state index in [2.05, 4.69) is 20.5 Å². The predicted octanol–water partition coefficient (Wildman–Crippen LogP) is -2.16. The Morgan fingerprint density at radius 1 is 0.500 bits per heavy atom. The molecule has 0 amide bonds. The zero-order valence-corrected chi connectivity index (χ0v) is 42.4. The Bertz CT molecular complexity index is 3630. The second kappa shape index (κ2) is 23.8. The fourth-order valence-corrected chi connectivity index (χ4v) is 9.00. The molecular weight excluding hydrogens is 1030 g/mol. The molecule has 0 heterocycles. The van der Waals surface area contributed by atoms with Gasteiger partial charge in [-0.05, 0) is 108 Å². The maximum atomic E-state index is 12.3. The SMILES string of the molecule is CN(CCO)CCO.O=S(=O)([O-])c1cc(O)c2ccc(N=Nc3ccc(/C=C/c4ccc(N=Nc5cc(S(=O)(=O)[O-])cc6cc(S(=O)(=O)[O-])cc(O)c56)cc4S(=O)(=O)[O-])c(S(=O)(=O)[O-])c3)cc2c1.[Li+].[Na+]. The van der Waals surface area contributed by atoms with E-state index in [1.54, 1.807) is 0 Å². The Morgan fingerprint density at radius 3 is 1.31 bits per heavy atom. The number of aliphatic hydroxyl groups is 2. The molecular formula is C39H32LiN5NaO19S5-3. The number of likely N-dealkylation sites (N-methyl/N-ethyl adjacent to an activating group) is 1. The molecule has 6 aromatic rings. The zero-order chi connectivity index (χ0) is 50.6. The number of azo groups is 2. The molecule has 0 aliphatic carbocycles. The van der Waals surface area contributed by atoms with Gasteiger partial charge in [-0.25, -0.2) is 42.1 Å². The Kier molecular flexibility index (Phi) is 20.3. The third-order valence-electron chi connectivity index (χ3n) is 9.20. The summed E-state index contributed by atoms with van der Waals surface area (Å²) < 4.78 is 178. The molecule has 362 valence electrons. The quantitative estimate of drug-likeness (QED) is 0.0368. The fourth-order valence-electron chi connectivity index (χ4n) is 6.04. The van der Waals surface area contributed by atoms with E-state index >= 15 is 0 Å². The van der Waals surface area contributed by atoms with E-state index in [1.807, 2.05) is 11.9 Å². The zero-order valence-electron chi connectivity index (χ0n) is 36.3. The molecule has 0 radical (unpaired) electrons. The fraction of sp³-hybridized carbons (Fsp3) is 0.128. The predicted molar refractivity (Wildman–Crippen MR) is 233 cm³/mol. The average Bonchev–Trinajstić information content (AvgIpc) is 3.22. The summed E-state index contributed by atoms with van der Waals surface area (Å²) in [4.78, 5) is -2.63. The molecule has 70 heavy (non-hydrogen) atoms. The largest absolute Gasteiger partial charge is 1.00 e. The maximum Gasteiger partial charge on any atom is 1.00 e. The van der Waals surface area contributed by atoms with E-state index in [4.69, 9.17) is 10.2 Å². The molecule has 0 fully saturated rings. The molecule has 0 saturated heterocycles. The smallest absolute Gasteiger partial charge is 0.744 e. The molecule has 0 aliphatic heterocycles. The monoisotopic (exact) mass is 1060 g/mol. The van der Waals surface area contributed by atoms with E-state index < -0.39 is 97.6 Å². The standard InChI is InChI=1S/C34H24N4O17S5.C5H13NO2.Li.Na/c39-30-16-26(57(44,45)46)10-20-9-22(7-8-28(20)30)35-36-23-5-3-18(32(13-23)59(50,51)52)1-2-19-4-6-24(14-33(19)60(53,54)55)37-38-29-15-25(56(41,42)43)11-21-12-27(58(47,48)49)17-31(40)34(21)29;1-6(2-4-7)3-5-8;;/h1-17,39-40H,(H,41,42,43)(H,44,45,46)(H,47,48,49)(H,50,51,52)(H,53,54,55);7-8H,2-5H2,1H3;;/q;;2*+1/p-5/b2-1+,36-35?,38-37?;;;. The van der Waals surface area contributed by atoms with E-state index in [9.17, 15) is 75.1 Å². The number of phenolic OH excluding ortho intramolecular Hbond substituents is 2. The van der Waals surface area contributed by atoms with Gasteiger partial charge in [0.05, 0.1) is 65.8 Å². The number of nitrogens with zero attached hydrogens (tertiary/aromatic N) is 5. The summed E-state index contributed by atoms with van der Waals surface area (Å²) in [5.41, 5.74) is -1.75. The van der Waals surface area contributed by atoms with Gasteiger partial charge in [0.25, 0.3) is 0 Å². The van der Waals surface area contributed by atoms with Crippen molar-refractivity contribution in [1.82, 2.24) is 4.90 Å². The molecule has 4 N–H and O–H groups in total. The van der Waals surface area contributed by atoms with E-state index in [1.165, 1.54) is 24.3 Å². The van der Waals surface area contributed by atoms with Gasteiger partial charge in [-0.1, -0.05) is 24.3 Å². The first-order chi connectivity index (χ1) is 31.5. The van der Waals surface area contributed by atoms with Crippen molar-refractivity contribution < 1.29 is 134 Å². The molecule has 0 bridgehead atoms. The van der Waals surface area contributed by atoms with Crippen molar-refractivity contribution in [3.05, 3.63) is 102 Å². The molecule has 24 nitrogen and oxygen atoms in total. The number of hydrogen-bond donors (Lipinski definition) is 4. The normalized spacial score (nSPS) is 12.6. The Morgan fingerprint density at radius 2 is 0.886 bits per heavy atom. The van der Waals surface area contributed by atoms with Crippen LogP contribution in [-0.4, -0.2) is 124 Å². The Labute approximate surface area is 434 Å². The number of benzene rings is 6. The van der Waals surface area contributed by atoms with E-state index in [0.29, 0.717) is 43.4 Å². The van der Waals surface area contributed by atoms with Gasteiger partial charge in [0, 0.05) is 18.5 Å². The van der Waals surface area contributed by atoms with Crippen LogP contribution in [0.25, 0.3) is 33.7 Å². The van der Waals surface area contributed by atoms with E-state index in [-0.39, 0.29) is 106 Å². The second-order valence-electron chi connectivity index (χ2n) is 14.0.